The minimum Gasteiger partial charge on any atom is -0.348 e. The van der Waals surface area contributed by atoms with Crippen LogP contribution in [0.5, 0.6) is 0 Å². The average molecular weight is 485 g/mol. The van der Waals surface area contributed by atoms with Gasteiger partial charge in [0, 0.05) is 25.2 Å². The molecule has 34 heavy (non-hydrogen) atoms. The number of benzene rings is 2. The quantitative estimate of drug-likeness (QED) is 0.553. The zero-order valence-corrected chi connectivity index (χ0v) is 20.2. The standard InChI is InChI=1S/C25H29FN4O3S/c1-18-24(34(32,33)29-14-4-3-5-15-29)19(2)30(28-18)17-21-6-10-22(11-7-21)25(31)27-16-20-8-12-23(26)13-9-20/h6-13H,3-5,14-17H2,1-2H3,(H,27,31). The van der Waals surface area contributed by atoms with Crippen LogP contribution < -0.4 is 5.32 Å². The number of nitrogens with one attached hydrogen (secondary N) is 1. The van der Waals surface area contributed by atoms with E-state index in [0.29, 0.717) is 48.0 Å². The summed E-state index contributed by atoms with van der Waals surface area (Å²) in [5.74, 6) is -0.540. The fourth-order valence-electron chi connectivity index (χ4n) is 4.26. The van der Waals surface area contributed by atoms with Crippen LogP contribution in [0.15, 0.2) is 53.4 Å². The van der Waals surface area contributed by atoms with Crippen LogP contribution in [0.3, 0.4) is 0 Å². The van der Waals surface area contributed by atoms with Crippen LogP contribution in [0, 0.1) is 19.7 Å². The Labute approximate surface area is 199 Å². The second-order valence-electron chi connectivity index (χ2n) is 8.63. The first-order chi connectivity index (χ1) is 16.3. The third-order valence-electron chi connectivity index (χ3n) is 6.14. The minimum absolute atomic E-state index is 0.225. The summed E-state index contributed by atoms with van der Waals surface area (Å²) in [6.45, 7) is 5.33. The highest BCUT2D eigenvalue weighted by atomic mass is 32.2. The second kappa shape index (κ2) is 10.1. The van der Waals surface area contributed by atoms with E-state index in [-0.39, 0.29) is 11.7 Å². The van der Waals surface area contributed by atoms with Crippen molar-refractivity contribution in [2.24, 2.45) is 0 Å². The molecule has 2 heterocycles. The van der Waals surface area contributed by atoms with Gasteiger partial charge in [-0.25, -0.2) is 12.8 Å². The number of hydrogen-bond acceptors (Lipinski definition) is 4. The van der Waals surface area contributed by atoms with Crippen LogP contribution in [0.4, 0.5) is 4.39 Å². The van der Waals surface area contributed by atoms with E-state index in [1.165, 1.54) is 12.1 Å². The van der Waals surface area contributed by atoms with Gasteiger partial charge in [0.1, 0.15) is 10.7 Å². The summed E-state index contributed by atoms with van der Waals surface area (Å²) in [4.78, 5) is 12.7. The number of aryl methyl sites for hydroxylation is 1. The number of aromatic nitrogens is 2. The largest absolute Gasteiger partial charge is 0.348 e. The Bertz CT molecular complexity index is 1260. The van der Waals surface area contributed by atoms with Crippen molar-refractivity contribution in [1.29, 1.82) is 0 Å². The van der Waals surface area contributed by atoms with Crippen LogP contribution in [-0.2, 0) is 23.1 Å². The number of nitrogens with zero attached hydrogens (tertiary/aromatic N) is 3. The monoisotopic (exact) mass is 484 g/mol. The molecule has 180 valence electrons. The Balaban J connectivity index is 1.43. The van der Waals surface area contributed by atoms with E-state index in [0.717, 1.165) is 30.4 Å². The van der Waals surface area contributed by atoms with Crippen LogP contribution in [0.2, 0.25) is 0 Å². The molecule has 1 fully saturated rings. The minimum atomic E-state index is -3.57. The van der Waals surface area contributed by atoms with Crippen LogP contribution in [0.25, 0.3) is 0 Å². The Morgan fingerprint density at radius 3 is 2.24 bits per heavy atom. The maximum Gasteiger partial charge on any atom is 0.251 e. The van der Waals surface area contributed by atoms with Gasteiger partial charge in [-0.15, -0.1) is 0 Å². The van der Waals surface area contributed by atoms with E-state index < -0.39 is 10.0 Å². The maximum atomic E-state index is 13.2. The molecule has 1 saturated heterocycles. The van der Waals surface area contributed by atoms with Crippen molar-refractivity contribution in [3.05, 3.63) is 82.4 Å². The summed E-state index contributed by atoms with van der Waals surface area (Å²) >= 11 is 0. The Morgan fingerprint density at radius 1 is 0.971 bits per heavy atom. The first kappa shape index (κ1) is 24.1. The second-order valence-corrected chi connectivity index (χ2v) is 10.5. The summed E-state index contributed by atoms with van der Waals surface area (Å²) in [7, 11) is -3.57. The maximum absolute atomic E-state index is 13.2. The lowest BCUT2D eigenvalue weighted by Gasteiger charge is -2.26. The molecule has 1 aliphatic heterocycles. The fourth-order valence-corrected chi connectivity index (χ4v) is 6.15. The van der Waals surface area contributed by atoms with E-state index >= 15 is 0 Å². The van der Waals surface area contributed by atoms with Gasteiger partial charge in [-0.1, -0.05) is 30.7 Å². The molecule has 9 heteroatoms. The van der Waals surface area contributed by atoms with Crippen LogP contribution in [0.1, 0.15) is 52.1 Å². The molecule has 0 atom stereocenters. The van der Waals surface area contributed by atoms with Gasteiger partial charge in [-0.2, -0.15) is 9.40 Å². The summed E-state index contributed by atoms with van der Waals surface area (Å²) < 4.78 is 42.7. The van der Waals surface area contributed by atoms with E-state index in [4.69, 9.17) is 0 Å². The molecule has 4 rings (SSSR count). The number of hydrogen-bond donors (Lipinski definition) is 1. The molecule has 1 N–H and O–H groups in total. The molecule has 1 amide bonds. The Kier molecular flexibility index (Phi) is 7.13. The van der Waals surface area contributed by atoms with Crippen molar-refractivity contribution in [2.75, 3.05) is 13.1 Å². The van der Waals surface area contributed by atoms with Gasteiger partial charge in [-0.05, 0) is 62.1 Å². The number of amides is 1. The van der Waals surface area contributed by atoms with Gasteiger partial charge < -0.3 is 5.32 Å². The first-order valence-electron chi connectivity index (χ1n) is 11.4. The smallest absolute Gasteiger partial charge is 0.251 e. The van der Waals surface area contributed by atoms with Crippen LogP contribution >= 0.6 is 0 Å². The van der Waals surface area contributed by atoms with Crippen molar-refractivity contribution in [3.63, 3.8) is 0 Å². The van der Waals surface area contributed by atoms with Crippen molar-refractivity contribution in [1.82, 2.24) is 19.4 Å². The highest BCUT2D eigenvalue weighted by Crippen LogP contribution is 2.26. The lowest BCUT2D eigenvalue weighted by molar-refractivity contribution is 0.0951. The average Bonchev–Trinajstić information content (AvgIpc) is 3.12. The molecule has 0 spiro atoms. The van der Waals surface area contributed by atoms with E-state index in [2.05, 4.69) is 10.4 Å². The molecule has 0 aliphatic carbocycles. The Morgan fingerprint density at radius 2 is 1.59 bits per heavy atom. The van der Waals surface area contributed by atoms with E-state index in [1.54, 1.807) is 47.1 Å². The highest BCUT2D eigenvalue weighted by molar-refractivity contribution is 7.89. The number of halogens is 1. The van der Waals surface area contributed by atoms with Gasteiger partial charge in [0.25, 0.3) is 5.91 Å². The predicted octanol–water partition coefficient (Wildman–Crippen LogP) is 3.79. The highest BCUT2D eigenvalue weighted by Gasteiger charge is 2.31. The van der Waals surface area contributed by atoms with Gasteiger partial charge in [0.15, 0.2) is 0 Å². The van der Waals surface area contributed by atoms with Gasteiger partial charge in [-0.3, -0.25) is 9.48 Å². The van der Waals surface area contributed by atoms with Crippen molar-refractivity contribution in [3.8, 4) is 0 Å². The predicted molar refractivity (Wildman–Crippen MR) is 127 cm³/mol. The number of sulfonamides is 1. The zero-order valence-electron chi connectivity index (χ0n) is 19.4. The summed E-state index contributed by atoms with van der Waals surface area (Å²) in [5.41, 5.74) is 3.34. The van der Waals surface area contributed by atoms with Gasteiger partial charge in [0.2, 0.25) is 10.0 Å². The molecule has 0 unspecified atom stereocenters. The summed E-state index contributed by atoms with van der Waals surface area (Å²) in [5, 5.41) is 7.32. The molecule has 1 aromatic heterocycles. The number of carbonyl (C=O) groups excluding carboxylic acids is 1. The number of piperidine rings is 1. The SMILES string of the molecule is Cc1nn(Cc2ccc(C(=O)NCc3ccc(F)cc3)cc2)c(C)c1S(=O)(=O)N1CCCCC1. The third-order valence-corrected chi connectivity index (χ3v) is 8.29. The number of rotatable bonds is 7. The van der Waals surface area contributed by atoms with Gasteiger partial charge in [0.05, 0.1) is 17.9 Å². The van der Waals surface area contributed by atoms with Crippen molar-refractivity contribution in [2.45, 2.75) is 51.1 Å². The zero-order chi connectivity index (χ0) is 24.3. The van der Waals surface area contributed by atoms with E-state index in [9.17, 15) is 17.6 Å². The third kappa shape index (κ3) is 5.20. The summed E-state index contributed by atoms with van der Waals surface area (Å²) in [6.07, 6.45) is 2.83. The molecular formula is C25H29FN4O3S. The topological polar surface area (TPSA) is 84.3 Å². The molecule has 2 aromatic carbocycles. The molecule has 0 bridgehead atoms. The van der Waals surface area contributed by atoms with Crippen LogP contribution in [-0.4, -0.2) is 41.5 Å². The van der Waals surface area contributed by atoms with Crippen molar-refractivity contribution < 1.29 is 17.6 Å². The molecule has 0 radical (unpaired) electrons. The molecule has 1 aliphatic rings. The first-order valence-corrected chi connectivity index (χ1v) is 12.9. The lowest BCUT2D eigenvalue weighted by atomic mass is 10.1. The fraction of sp³-hybridized carbons (Fsp3) is 0.360. The molecular weight excluding hydrogens is 455 g/mol. The van der Waals surface area contributed by atoms with Crippen molar-refractivity contribution >= 4 is 15.9 Å². The molecule has 7 nitrogen and oxygen atoms in total. The number of carbonyl (C=O) groups is 1. The lowest BCUT2D eigenvalue weighted by Crippen LogP contribution is -2.36. The Hall–Kier alpha value is -3.04. The van der Waals surface area contributed by atoms with Gasteiger partial charge >= 0.3 is 0 Å². The molecule has 3 aromatic rings. The molecule has 0 saturated carbocycles. The summed E-state index contributed by atoms with van der Waals surface area (Å²) in [6, 6.07) is 13.1. The normalized spacial score (nSPS) is 14.8. The van der Waals surface area contributed by atoms with E-state index in [1.807, 2.05) is 12.1 Å².